The Labute approximate surface area is 102 Å². The topological polar surface area (TPSA) is 68.9 Å². The Kier molecular flexibility index (Phi) is 3.01. The zero-order chi connectivity index (χ0) is 12.4. The van der Waals surface area contributed by atoms with E-state index in [-0.39, 0.29) is 5.69 Å². The van der Waals surface area contributed by atoms with Gasteiger partial charge in [0.25, 0.3) is 5.69 Å². The zero-order valence-corrected chi connectivity index (χ0v) is 9.68. The van der Waals surface area contributed by atoms with Gasteiger partial charge in [-0.1, -0.05) is 23.7 Å². The molecule has 0 N–H and O–H groups in total. The SMILES string of the molecule is Cc1cnc(-c2cccc([N+](=O)[O-])c2)nc1Cl. The molecule has 6 heteroatoms. The minimum Gasteiger partial charge on any atom is -0.258 e. The number of nitro groups is 1. The van der Waals surface area contributed by atoms with Gasteiger partial charge in [-0.2, -0.15) is 0 Å². The van der Waals surface area contributed by atoms with Gasteiger partial charge in [0, 0.05) is 29.5 Å². The summed E-state index contributed by atoms with van der Waals surface area (Å²) in [5.41, 5.74) is 1.34. The quantitative estimate of drug-likeness (QED) is 0.466. The first-order chi connectivity index (χ1) is 8.08. The second-order valence-corrected chi connectivity index (χ2v) is 3.83. The number of benzene rings is 1. The molecule has 86 valence electrons. The van der Waals surface area contributed by atoms with E-state index in [1.165, 1.54) is 12.1 Å². The second-order valence-electron chi connectivity index (χ2n) is 3.47. The Morgan fingerprint density at radius 2 is 2.18 bits per heavy atom. The van der Waals surface area contributed by atoms with Crippen LogP contribution >= 0.6 is 11.6 Å². The van der Waals surface area contributed by atoms with E-state index in [2.05, 4.69) is 9.97 Å². The van der Waals surface area contributed by atoms with Crippen molar-refractivity contribution in [1.82, 2.24) is 9.97 Å². The summed E-state index contributed by atoms with van der Waals surface area (Å²) in [6.07, 6.45) is 1.59. The molecule has 0 fully saturated rings. The standard InChI is InChI=1S/C11H8ClN3O2/c1-7-6-13-11(14-10(7)12)8-3-2-4-9(5-8)15(16)17/h2-6H,1H3. The lowest BCUT2D eigenvalue weighted by Gasteiger charge is -2.02. The van der Waals surface area contributed by atoms with Gasteiger partial charge in [0.05, 0.1) is 4.92 Å². The van der Waals surface area contributed by atoms with Crippen LogP contribution in [0.1, 0.15) is 5.56 Å². The molecule has 0 amide bonds. The van der Waals surface area contributed by atoms with Gasteiger partial charge in [-0.25, -0.2) is 9.97 Å². The Morgan fingerprint density at radius 3 is 2.82 bits per heavy atom. The fraction of sp³-hybridized carbons (Fsp3) is 0.0909. The summed E-state index contributed by atoms with van der Waals surface area (Å²) in [4.78, 5) is 18.4. The monoisotopic (exact) mass is 249 g/mol. The largest absolute Gasteiger partial charge is 0.270 e. The molecule has 0 aliphatic carbocycles. The Morgan fingerprint density at radius 1 is 1.41 bits per heavy atom. The van der Waals surface area contributed by atoms with Gasteiger partial charge in [-0.3, -0.25) is 10.1 Å². The molecule has 2 rings (SSSR count). The highest BCUT2D eigenvalue weighted by Crippen LogP contribution is 2.22. The highest BCUT2D eigenvalue weighted by atomic mass is 35.5. The highest BCUT2D eigenvalue weighted by molar-refractivity contribution is 6.30. The molecule has 1 heterocycles. The summed E-state index contributed by atoms with van der Waals surface area (Å²) in [5, 5.41) is 11.0. The van der Waals surface area contributed by atoms with Crippen molar-refractivity contribution >= 4 is 17.3 Å². The number of aryl methyl sites for hydroxylation is 1. The number of nitrogens with zero attached hydrogens (tertiary/aromatic N) is 3. The van der Waals surface area contributed by atoms with Crippen molar-refractivity contribution < 1.29 is 4.92 Å². The zero-order valence-electron chi connectivity index (χ0n) is 8.92. The van der Waals surface area contributed by atoms with E-state index >= 15 is 0 Å². The predicted octanol–water partition coefficient (Wildman–Crippen LogP) is 3.01. The van der Waals surface area contributed by atoms with E-state index in [0.717, 1.165) is 5.56 Å². The van der Waals surface area contributed by atoms with Crippen molar-refractivity contribution in [2.45, 2.75) is 6.92 Å². The van der Waals surface area contributed by atoms with Crippen molar-refractivity contribution in [2.75, 3.05) is 0 Å². The Bertz CT molecular complexity index is 587. The molecule has 5 nitrogen and oxygen atoms in total. The highest BCUT2D eigenvalue weighted by Gasteiger charge is 2.09. The summed E-state index contributed by atoms with van der Waals surface area (Å²) in [7, 11) is 0. The first-order valence-electron chi connectivity index (χ1n) is 4.82. The number of halogens is 1. The average Bonchev–Trinajstić information content (AvgIpc) is 2.33. The fourth-order valence-electron chi connectivity index (χ4n) is 1.32. The molecule has 0 atom stereocenters. The molecular formula is C11H8ClN3O2. The van der Waals surface area contributed by atoms with Crippen molar-refractivity contribution in [1.29, 1.82) is 0 Å². The maximum atomic E-state index is 10.6. The van der Waals surface area contributed by atoms with Crippen molar-refractivity contribution in [3.63, 3.8) is 0 Å². The van der Waals surface area contributed by atoms with Crippen LogP contribution in [0.5, 0.6) is 0 Å². The molecule has 0 saturated heterocycles. The first kappa shape index (κ1) is 11.5. The normalized spacial score (nSPS) is 10.2. The van der Waals surface area contributed by atoms with Crippen LogP contribution < -0.4 is 0 Å². The van der Waals surface area contributed by atoms with Gasteiger partial charge >= 0.3 is 0 Å². The van der Waals surface area contributed by atoms with Crippen LogP contribution in [-0.4, -0.2) is 14.9 Å². The average molecular weight is 250 g/mol. The summed E-state index contributed by atoms with van der Waals surface area (Å²) in [6, 6.07) is 6.12. The van der Waals surface area contributed by atoms with Crippen LogP contribution in [0, 0.1) is 17.0 Å². The van der Waals surface area contributed by atoms with E-state index in [1.54, 1.807) is 25.3 Å². The van der Waals surface area contributed by atoms with Crippen LogP contribution in [0.4, 0.5) is 5.69 Å². The molecule has 1 aromatic carbocycles. The van der Waals surface area contributed by atoms with E-state index in [1.807, 2.05) is 0 Å². The summed E-state index contributed by atoms with van der Waals surface area (Å²) in [6.45, 7) is 1.79. The van der Waals surface area contributed by atoms with Crippen LogP contribution in [0.15, 0.2) is 30.5 Å². The minimum absolute atomic E-state index is 0.00259. The molecule has 0 aliphatic rings. The number of aromatic nitrogens is 2. The molecule has 2 aromatic rings. The van der Waals surface area contributed by atoms with Crippen molar-refractivity contribution in [3.05, 3.63) is 51.3 Å². The lowest BCUT2D eigenvalue weighted by atomic mass is 10.2. The number of hydrogen-bond donors (Lipinski definition) is 0. The van der Waals surface area contributed by atoms with Crippen molar-refractivity contribution in [3.8, 4) is 11.4 Å². The maximum Gasteiger partial charge on any atom is 0.270 e. The minimum atomic E-state index is -0.459. The van der Waals surface area contributed by atoms with Crippen LogP contribution in [0.2, 0.25) is 5.15 Å². The lowest BCUT2D eigenvalue weighted by Crippen LogP contribution is -1.93. The van der Waals surface area contributed by atoms with Gasteiger partial charge in [-0.05, 0) is 6.92 Å². The molecule has 0 saturated carbocycles. The molecule has 0 unspecified atom stereocenters. The number of rotatable bonds is 2. The Balaban J connectivity index is 2.49. The van der Waals surface area contributed by atoms with Crippen LogP contribution in [0.3, 0.4) is 0 Å². The molecule has 0 radical (unpaired) electrons. The third-order valence-electron chi connectivity index (χ3n) is 2.23. The van der Waals surface area contributed by atoms with Gasteiger partial charge in [0.2, 0.25) is 0 Å². The maximum absolute atomic E-state index is 10.6. The summed E-state index contributed by atoms with van der Waals surface area (Å²) < 4.78 is 0. The molecule has 0 aliphatic heterocycles. The molecule has 17 heavy (non-hydrogen) atoms. The second kappa shape index (κ2) is 4.47. The number of nitro benzene ring substituents is 1. The number of hydrogen-bond acceptors (Lipinski definition) is 4. The molecule has 1 aromatic heterocycles. The lowest BCUT2D eigenvalue weighted by molar-refractivity contribution is -0.384. The Hall–Kier alpha value is -2.01. The van der Waals surface area contributed by atoms with Crippen LogP contribution in [-0.2, 0) is 0 Å². The van der Waals surface area contributed by atoms with Gasteiger partial charge in [0.1, 0.15) is 5.15 Å². The van der Waals surface area contributed by atoms with E-state index in [4.69, 9.17) is 11.6 Å². The molecule has 0 spiro atoms. The van der Waals surface area contributed by atoms with Crippen molar-refractivity contribution in [2.24, 2.45) is 0 Å². The third-order valence-corrected chi connectivity index (χ3v) is 2.61. The molecular weight excluding hydrogens is 242 g/mol. The predicted molar refractivity (Wildman–Crippen MR) is 63.9 cm³/mol. The third kappa shape index (κ3) is 2.39. The number of non-ortho nitro benzene ring substituents is 1. The van der Waals surface area contributed by atoms with Gasteiger partial charge < -0.3 is 0 Å². The van der Waals surface area contributed by atoms with E-state index in [9.17, 15) is 10.1 Å². The summed E-state index contributed by atoms with van der Waals surface area (Å²) in [5.74, 6) is 0.379. The smallest absolute Gasteiger partial charge is 0.258 e. The molecule has 0 bridgehead atoms. The fourth-order valence-corrected chi connectivity index (χ4v) is 1.45. The van der Waals surface area contributed by atoms with Crippen LogP contribution in [0.25, 0.3) is 11.4 Å². The van der Waals surface area contributed by atoms with Gasteiger partial charge in [-0.15, -0.1) is 0 Å². The summed E-state index contributed by atoms with van der Waals surface area (Å²) >= 11 is 5.88. The van der Waals surface area contributed by atoms with E-state index in [0.29, 0.717) is 16.5 Å². The first-order valence-corrected chi connectivity index (χ1v) is 5.19. The van der Waals surface area contributed by atoms with Gasteiger partial charge in [0.15, 0.2) is 5.82 Å². The van der Waals surface area contributed by atoms with E-state index < -0.39 is 4.92 Å².